The molecule has 41 heavy (non-hydrogen) atoms. The van der Waals surface area contributed by atoms with Crippen LogP contribution in [0.4, 0.5) is 36.4 Å². The molecule has 1 aliphatic heterocycles. The summed E-state index contributed by atoms with van der Waals surface area (Å²) in [5.74, 6) is -1.16. The Morgan fingerprint density at radius 3 is 2.41 bits per heavy atom. The van der Waals surface area contributed by atoms with Gasteiger partial charge in [0.05, 0.1) is 28.4 Å². The molecule has 1 unspecified atom stereocenters. The van der Waals surface area contributed by atoms with Crippen molar-refractivity contribution in [1.29, 1.82) is 0 Å². The molecule has 216 valence electrons. The van der Waals surface area contributed by atoms with Crippen LogP contribution in [0.15, 0.2) is 52.6 Å². The number of H-pyrrole nitrogens is 1. The van der Waals surface area contributed by atoms with Gasteiger partial charge in [0.25, 0.3) is 11.1 Å². The number of rotatable bonds is 6. The van der Waals surface area contributed by atoms with Crippen molar-refractivity contribution >= 4 is 16.5 Å². The van der Waals surface area contributed by atoms with Gasteiger partial charge in [-0.25, -0.2) is 19.5 Å². The molecule has 4 aromatic rings. The fraction of sp³-hybridized carbons (Fsp3) is 0.346. The highest BCUT2D eigenvalue weighted by molar-refractivity contribution is 5.86. The molecule has 1 atom stereocenters. The van der Waals surface area contributed by atoms with Gasteiger partial charge >= 0.3 is 12.4 Å². The maximum Gasteiger partial charge on any atom is 0.423 e. The van der Waals surface area contributed by atoms with E-state index >= 15 is 0 Å². The number of halogens is 7. The number of fused-ring (bicyclic) bond motifs is 1. The maximum absolute atomic E-state index is 14.9. The van der Waals surface area contributed by atoms with E-state index < -0.39 is 40.4 Å². The minimum absolute atomic E-state index is 0.0348. The highest BCUT2D eigenvalue weighted by Crippen LogP contribution is 2.37. The summed E-state index contributed by atoms with van der Waals surface area (Å²) >= 11 is 0. The number of hydrogen-bond donors (Lipinski definition) is 1. The highest BCUT2D eigenvalue weighted by Gasteiger charge is 2.40. The minimum Gasteiger partial charge on any atom is -0.367 e. The quantitative estimate of drug-likeness (QED) is 0.316. The summed E-state index contributed by atoms with van der Waals surface area (Å²) in [7, 11) is 0. The zero-order valence-electron chi connectivity index (χ0n) is 21.1. The van der Waals surface area contributed by atoms with Gasteiger partial charge in [0, 0.05) is 37.7 Å². The second-order valence-electron chi connectivity index (χ2n) is 9.62. The summed E-state index contributed by atoms with van der Waals surface area (Å²) in [6, 6.07) is 3.49. The van der Waals surface area contributed by atoms with Crippen molar-refractivity contribution in [2.75, 3.05) is 11.4 Å². The van der Waals surface area contributed by atoms with Crippen LogP contribution in [0.3, 0.4) is 0 Å². The first-order chi connectivity index (χ1) is 19.3. The Labute approximate surface area is 226 Å². The third kappa shape index (κ3) is 5.65. The molecule has 0 aliphatic carbocycles. The van der Waals surface area contributed by atoms with Gasteiger partial charge < -0.3 is 9.47 Å². The zero-order valence-corrected chi connectivity index (χ0v) is 21.1. The number of anilines is 1. The van der Waals surface area contributed by atoms with Gasteiger partial charge in [0.1, 0.15) is 11.4 Å². The van der Waals surface area contributed by atoms with E-state index in [1.54, 1.807) is 6.07 Å². The lowest BCUT2D eigenvalue weighted by atomic mass is 10.1. The molecule has 15 heteroatoms. The molecule has 0 saturated carbocycles. The molecular weight excluding hydrogens is 561 g/mol. The van der Waals surface area contributed by atoms with E-state index in [0.29, 0.717) is 50.0 Å². The topological polar surface area (TPSA) is 96.8 Å². The number of nitrogens with one attached hydrogen (secondary N) is 1. The number of aromatic amines is 1. The normalized spacial score (nSPS) is 16.1. The fourth-order valence-electron chi connectivity index (χ4n) is 5.10. The van der Waals surface area contributed by atoms with Gasteiger partial charge in [-0.15, -0.1) is 0 Å². The van der Waals surface area contributed by atoms with Crippen molar-refractivity contribution in [2.24, 2.45) is 0 Å². The van der Waals surface area contributed by atoms with Crippen molar-refractivity contribution in [1.82, 2.24) is 24.7 Å². The van der Waals surface area contributed by atoms with E-state index in [4.69, 9.17) is 0 Å². The molecule has 1 saturated heterocycles. The molecule has 0 amide bonds. The Kier molecular flexibility index (Phi) is 7.30. The molecule has 0 radical (unpaired) electrons. The van der Waals surface area contributed by atoms with Gasteiger partial charge in [0.2, 0.25) is 0 Å². The second kappa shape index (κ2) is 10.6. The SMILES string of the molecule is O=c1[nH]ncc(N2CCCC2CCCn2ccc3cc(-c4ncc(C(F)(F)F)cn4)c(F)cc3c2=O)c1C(F)(F)F. The number of hydrogen-bond acceptors (Lipinski definition) is 6. The predicted molar refractivity (Wildman–Crippen MR) is 134 cm³/mol. The predicted octanol–water partition coefficient (Wildman–Crippen LogP) is 5.17. The number of aryl methyl sites for hydroxylation is 1. The summed E-state index contributed by atoms with van der Waals surface area (Å²) in [6.45, 7) is 0.517. The number of pyridine rings is 1. The Balaban J connectivity index is 1.33. The van der Waals surface area contributed by atoms with Crippen LogP contribution in [0.5, 0.6) is 0 Å². The number of benzene rings is 1. The van der Waals surface area contributed by atoms with Crippen LogP contribution in [0.25, 0.3) is 22.2 Å². The second-order valence-corrected chi connectivity index (χ2v) is 9.62. The molecule has 1 aliphatic rings. The van der Waals surface area contributed by atoms with Gasteiger partial charge in [-0.05, 0) is 49.3 Å². The van der Waals surface area contributed by atoms with Gasteiger partial charge in [0.15, 0.2) is 5.82 Å². The van der Waals surface area contributed by atoms with Crippen LogP contribution < -0.4 is 16.0 Å². The summed E-state index contributed by atoms with van der Waals surface area (Å²) in [6.07, 6.45) is -3.89. The fourth-order valence-corrected chi connectivity index (χ4v) is 5.10. The average molecular weight is 582 g/mol. The molecule has 8 nitrogen and oxygen atoms in total. The molecule has 5 rings (SSSR count). The van der Waals surface area contributed by atoms with E-state index in [0.717, 1.165) is 12.3 Å². The van der Waals surface area contributed by atoms with Crippen LogP contribution >= 0.6 is 0 Å². The standard InChI is InChI=1S/C26H21F7N6O2/c27-19-10-17-14(9-18(19)22-34-11-15(12-35-22)25(28,29)30)5-8-38(24(17)41)6-1-3-16-4-2-7-39(16)20-13-36-37-23(40)21(20)26(31,32)33/h5,8-13,16H,1-4,6-7H2,(H,37,40). The third-order valence-electron chi connectivity index (χ3n) is 7.03. The minimum atomic E-state index is -4.86. The van der Waals surface area contributed by atoms with E-state index in [2.05, 4.69) is 15.1 Å². The average Bonchev–Trinajstić information content (AvgIpc) is 3.37. The molecular formula is C26H21F7N6O2. The first kappa shape index (κ1) is 28.2. The van der Waals surface area contributed by atoms with E-state index in [-0.39, 0.29) is 35.0 Å². The van der Waals surface area contributed by atoms with Crippen LogP contribution in [-0.4, -0.2) is 37.3 Å². The van der Waals surface area contributed by atoms with Crippen LogP contribution in [0, 0.1) is 5.82 Å². The molecule has 1 N–H and O–H groups in total. The van der Waals surface area contributed by atoms with Crippen LogP contribution in [0.2, 0.25) is 0 Å². The monoisotopic (exact) mass is 582 g/mol. The van der Waals surface area contributed by atoms with Gasteiger partial charge in [-0.3, -0.25) is 9.59 Å². The number of aromatic nitrogens is 5. The molecule has 0 bridgehead atoms. The van der Waals surface area contributed by atoms with E-state index in [9.17, 15) is 40.3 Å². The summed E-state index contributed by atoms with van der Waals surface area (Å²) in [4.78, 5) is 33.7. The van der Waals surface area contributed by atoms with Crippen molar-refractivity contribution < 1.29 is 30.7 Å². The smallest absolute Gasteiger partial charge is 0.367 e. The summed E-state index contributed by atoms with van der Waals surface area (Å²) in [5, 5.41) is 5.74. The van der Waals surface area contributed by atoms with Gasteiger partial charge in [-0.2, -0.15) is 31.4 Å². The Morgan fingerprint density at radius 1 is 1.00 bits per heavy atom. The highest BCUT2D eigenvalue weighted by atomic mass is 19.4. The summed E-state index contributed by atoms with van der Waals surface area (Å²) < 4.78 is 95.3. The lowest BCUT2D eigenvalue weighted by Gasteiger charge is -2.28. The van der Waals surface area contributed by atoms with Crippen LogP contribution in [0.1, 0.15) is 36.8 Å². The Bertz CT molecular complexity index is 1700. The molecule has 0 spiro atoms. The summed E-state index contributed by atoms with van der Waals surface area (Å²) in [5.41, 5.74) is -4.66. The first-order valence-electron chi connectivity index (χ1n) is 12.5. The molecule has 3 aromatic heterocycles. The Hall–Kier alpha value is -4.30. The zero-order chi connectivity index (χ0) is 29.5. The molecule has 1 fully saturated rings. The van der Waals surface area contributed by atoms with Crippen molar-refractivity contribution in [3.05, 3.63) is 80.6 Å². The van der Waals surface area contributed by atoms with E-state index in [1.807, 2.05) is 5.10 Å². The maximum atomic E-state index is 14.9. The largest absolute Gasteiger partial charge is 0.423 e. The molecule has 1 aromatic carbocycles. The molecule has 4 heterocycles. The van der Waals surface area contributed by atoms with Gasteiger partial charge in [-0.1, -0.05) is 0 Å². The first-order valence-corrected chi connectivity index (χ1v) is 12.5. The van der Waals surface area contributed by atoms with Crippen LogP contribution in [-0.2, 0) is 18.9 Å². The Morgan fingerprint density at radius 2 is 1.73 bits per heavy atom. The third-order valence-corrected chi connectivity index (χ3v) is 7.03. The number of nitrogens with zero attached hydrogens (tertiary/aromatic N) is 5. The number of alkyl halides is 6. The lowest BCUT2D eigenvalue weighted by molar-refractivity contribution is -0.139. The van der Waals surface area contributed by atoms with Crippen molar-refractivity contribution in [2.45, 2.75) is 50.6 Å². The van der Waals surface area contributed by atoms with Crippen molar-refractivity contribution in [3.8, 4) is 11.4 Å². The van der Waals surface area contributed by atoms with E-state index in [1.165, 1.54) is 21.7 Å². The van der Waals surface area contributed by atoms with Crippen molar-refractivity contribution in [3.63, 3.8) is 0 Å². The lowest BCUT2D eigenvalue weighted by Crippen LogP contribution is -2.35.